The average Bonchev–Trinajstić information content (AvgIpc) is 3.08. The van der Waals surface area contributed by atoms with E-state index < -0.39 is 0 Å². The minimum absolute atomic E-state index is 0.158. The summed E-state index contributed by atoms with van der Waals surface area (Å²) in [6, 6.07) is 12.6. The van der Waals surface area contributed by atoms with E-state index in [-0.39, 0.29) is 11.3 Å². The number of carbonyl (C=O) groups is 1. The summed E-state index contributed by atoms with van der Waals surface area (Å²) in [5.41, 5.74) is 2.69. The van der Waals surface area contributed by atoms with Gasteiger partial charge in [-0.05, 0) is 19.1 Å². The van der Waals surface area contributed by atoms with Gasteiger partial charge in [0.25, 0.3) is 5.91 Å². The van der Waals surface area contributed by atoms with Crippen LogP contribution in [0.3, 0.4) is 0 Å². The normalized spacial score (nSPS) is 13.5. The summed E-state index contributed by atoms with van der Waals surface area (Å²) in [7, 11) is 1.79. The zero-order valence-electron chi connectivity index (χ0n) is 14.7. The first-order valence-electron chi connectivity index (χ1n) is 8.54. The van der Waals surface area contributed by atoms with Gasteiger partial charge >= 0.3 is 0 Å². The number of rotatable bonds is 2. The fourth-order valence-electron chi connectivity index (χ4n) is 3.21. The summed E-state index contributed by atoms with van der Waals surface area (Å²) in [4.78, 5) is 31.0. The molecule has 1 aliphatic heterocycles. The molecule has 0 atom stereocenters. The quantitative estimate of drug-likeness (QED) is 0.713. The maximum atomic E-state index is 12.9. The largest absolute Gasteiger partial charge is 0.441 e. The maximum absolute atomic E-state index is 12.9. The molecule has 3 heterocycles. The van der Waals surface area contributed by atoms with Crippen molar-refractivity contribution in [2.24, 2.45) is 7.05 Å². The number of oxazole rings is 1. The van der Waals surface area contributed by atoms with Crippen LogP contribution in [0.4, 0.5) is 0 Å². The number of fused-ring (bicyclic) bond motifs is 1. The van der Waals surface area contributed by atoms with Crippen LogP contribution in [-0.2, 0) is 20.0 Å². The molecule has 1 aromatic carbocycles. The van der Waals surface area contributed by atoms with Gasteiger partial charge in [0.1, 0.15) is 17.1 Å². The molecule has 3 aromatic rings. The monoisotopic (exact) mass is 349 g/mol. The summed E-state index contributed by atoms with van der Waals surface area (Å²) in [5, 5.41) is 0. The van der Waals surface area contributed by atoms with Gasteiger partial charge in [0, 0.05) is 43.4 Å². The molecule has 0 saturated carbocycles. The molecule has 0 unspecified atom stereocenters. The van der Waals surface area contributed by atoms with Crippen LogP contribution in [0.5, 0.6) is 0 Å². The molecule has 2 aromatic heterocycles. The Morgan fingerprint density at radius 1 is 1.19 bits per heavy atom. The molecule has 0 spiro atoms. The SMILES string of the molecule is Cc1cc(=O)cc(C(=O)N2CCc3oc(-c4ccccc4)nc3C2)n1C. The van der Waals surface area contributed by atoms with Crippen molar-refractivity contribution in [1.29, 1.82) is 0 Å². The lowest BCUT2D eigenvalue weighted by atomic mass is 10.1. The van der Waals surface area contributed by atoms with E-state index in [1.165, 1.54) is 12.1 Å². The molecule has 0 aliphatic carbocycles. The topological polar surface area (TPSA) is 68.3 Å². The van der Waals surface area contributed by atoms with Crippen molar-refractivity contribution in [2.75, 3.05) is 6.54 Å². The van der Waals surface area contributed by atoms with Gasteiger partial charge in [-0.2, -0.15) is 0 Å². The number of nitrogens with zero attached hydrogens (tertiary/aromatic N) is 3. The molecule has 1 amide bonds. The van der Waals surface area contributed by atoms with E-state index in [9.17, 15) is 9.59 Å². The number of pyridine rings is 1. The van der Waals surface area contributed by atoms with E-state index in [2.05, 4.69) is 4.98 Å². The van der Waals surface area contributed by atoms with Gasteiger partial charge in [0.05, 0.1) is 6.54 Å². The zero-order valence-corrected chi connectivity index (χ0v) is 14.7. The summed E-state index contributed by atoms with van der Waals surface area (Å²) in [5.74, 6) is 1.24. The third-order valence-corrected chi connectivity index (χ3v) is 4.78. The molecule has 0 saturated heterocycles. The Kier molecular flexibility index (Phi) is 3.95. The second kappa shape index (κ2) is 6.29. The fraction of sp³-hybridized carbons (Fsp3) is 0.250. The lowest BCUT2D eigenvalue weighted by Crippen LogP contribution is -2.37. The van der Waals surface area contributed by atoms with Gasteiger partial charge in [0.15, 0.2) is 5.43 Å². The van der Waals surface area contributed by atoms with Gasteiger partial charge in [0.2, 0.25) is 5.89 Å². The van der Waals surface area contributed by atoms with Crippen LogP contribution in [0.1, 0.15) is 27.6 Å². The van der Waals surface area contributed by atoms with E-state index in [4.69, 9.17) is 4.42 Å². The van der Waals surface area contributed by atoms with E-state index in [0.717, 1.165) is 22.7 Å². The number of hydrogen-bond donors (Lipinski definition) is 0. The zero-order chi connectivity index (χ0) is 18.3. The Morgan fingerprint density at radius 3 is 2.73 bits per heavy atom. The number of aromatic nitrogens is 2. The smallest absolute Gasteiger partial charge is 0.270 e. The van der Waals surface area contributed by atoms with Crippen LogP contribution in [0.2, 0.25) is 0 Å². The first-order chi connectivity index (χ1) is 12.5. The van der Waals surface area contributed by atoms with Crippen LogP contribution in [0.25, 0.3) is 11.5 Å². The molecule has 0 fully saturated rings. The molecule has 0 bridgehead atoms. The Labute approximate surface area is 150 Å². The standard InChI is InChI=1S/C20H19N3O3/c1-13-10-15(24)11-17(22(13)2)20(25)23-9-8-18-16(12-23)21-19(26-18)14-6-4-3-5-7-14/h3-7,10-11H,8-9,12H2,1-2H3. The Balaban J connectivity index is 1.62. The molecule has 6 heteroatoms. The molecule has 4 rings (SSSR count). The molecule has 0 radical (unpaired) electrons. The predicted octanol–water partition coefficient (Wildman–Crippen LogP) is 2.55. The Morgan fingerprint density at radius 2 is 1.96 bits per heavy atom. The van der Waals surface area contributed by atoms with Gasteiger partial charge in [-0.1, -0.05) is 18.2 Å². The summed E-state index contributed by atoms with van der Waals surface area (Å²) < 4.78 is 7.63. The van der Waals surface area contributed by atoms with E-state index in [0.29, 0.717) is 31.1 Å². The number of hydrogen-bond acceptors (Lipinski definition) is 4. The molecule has 132 valence electrons. The van der Waals surface area contributed by atoms with Gasteiger partial charge in [-0.25, -0.2) is 4.98 Å². The highest BCUT2D eigenvalue weighted by Gasteiger charge is 2.27. The molecule has 26 heavy (non-hydrogen) atoms. The highest BCUT2D eigenvalue weighted by Crippen LogP contribution is 2.26. The van der Waals surface area contributed by atoms with Crippen molar-refractivity contribution in [3.05, 3.63) is 75.5 Å². The highest BCUT2D eigenvalue weighted by atomic mass is 16.4. The van der Waals surface area contributed by atoms with Crippen molar-refractivity contribution in [1.82, 2.24) is 14.5 Å². The Hall–Kier alpha value is -3.15. The van der Waals surface area contributed by atoms with Crippen LogP contribution in [0, 0.1) is 6.92 Å². The number of aryl methyl sites for hydroxylation is 1. The number of amides is 1. The van der Waals surface area contributed by atoms with Crippen molar-refractivity contribution in [2.45, 2.75) is 19.9 Å². The van der Waals surface area contributed by atoms with Crippen LogP contribution in [0.15, 0.2) is 51.7 Å². The van der Waals surface area contributed by atoms with Crippen LogP contribution >= 0.6 is 0 Å². The summed E-state index contributed by atoms with van der Waals surface area (Å²) in [6.07, 6.45) is 0.612. The summed E-state index contributed by atoms with van der Waals surface area (Å²) in [6.45, 7) is 2.74. The minimum Gasteiger partial charge on any atom is -0.441 e. The molecular weight excluding hydrogens is 330 g/mol. The predicted molar refractivity (Wildman–Crippen MR) is 96.8 cm³/mol. The van der Waals surface area contributed by atoms with Crippen molar-refractivity contribution >= 4 is 5.91 Å². The summed E-state index contributed by atoms with van der Waals surface area (Å²) >= 11 is 0. The maximum Gasteiger partial charge on any atom is 0.270 e. The highest BCUT2D eigenvalue weighted by molar-refractivity contribution is 5.92. The van der Waals surface area contributed by atoms with Crippen molar-refractivity contribution in [3.63, 3.8) is 0 Å². The van der Waals surface area contributed by atoms with Crippen molar-refractivity contribution < 1.29 is 9.21 Å². The van der Waals surface area contributed by atoms with Crippen LogP contribution < -0.4 is 5.43 Å². The fourth-order valence-corrected chi connectivity index (χ4v) is 3.21. The molecule has 0 N–H and O–H groups in total. The second-order valence-electron chi connectivity index (χ2n) is 6.51. The van der Waals surface area contributed by atoms with Crippen molar-refractivity contribution in [3.8, 4) is 11.5 Å². The second-order valence-corrected chi connectivity index (χ2v) is 6.51. The third-order valence-electron chi connectivity index (χ3n) is 4.78. The van der Waals surface area contributed by atoms with E-state index in [1.54, 1.807) is 16.5 Å². The minimum atomic E-state index is -0.164. The van der Waals surface area contributed by atoms with Crippen LogP contribution in [-0.4, -0.2) is 26.9 Å². The third kappa shape index (κ3) is 2.83. The van der Waals surface area contributed by atoms with Gasteiger partial charge in [-0.15, -0.1) is 0 Å². The Bertz CT molecular complexity index is 1030. The van der Waals surface area contributed by atoms with E-state index in [1.807, 2.05) is 37.3 Å². The molecule has 1 aliphatic rings. The first-order valence-corrected chi connectivity index (χ1v) is 8.54. The van der Waals surface area contributed by atoms with Gasteiger partial charge < -0.3 is 13.9 Å². The van der Waals surface area contributed by atoms with E-state index >= 15 is 0 Å². The lowest BCUT2D eigenvalue weighted by Gasteiger charge is -2.26. The lowest BCUT2D eigenvalue weighted by molar-refractivity contribution is 0.0716. The molecular formula is C20H19N3O3. The van der Waals surface area contributed by atoms with Gasteiger partial charge in [-0.3, -0.25) is 9.59 Å². The molecule has 6 nitrogen and oxygen atoms in total. The number of benzene rings is 1. The first kappa shape index (κ1) is 16.3. The average molecular weight is 349 g/mol. The number of carbonyl (C=O) groups excluding carboxylic acids is 1.